The van der Waals surface area contributed by atoms with Crippen molar-refractivity contribution in [2.45, 2.75) is 19.2 Å². The lowest BCUT2D eigenvalue weighted by molar-refractivity contribution is -0.142. The van der Waals surface area contributed by atoms with E-state index < -0.39 is 41.0 Å². The van der Waals surface area contributed by atoms with Crippen LogP contribution in [-0.4, -0.2) is 42.1 Å². The van der Waals surface area contributed by atoms with Crippen molar-refractivity contribution in [1.82, 2.24) is 4.90 Å². The molecule has 0 fully saturated rings. The number of hydrogen-bond donors (Lipinski definition) is 1. The molecule has 8 heteroatoms. The number of halogens is 3. The molecule has 0 aliphatic carbocycles. The number of carbonyl (C=O) groups excluding carboxylic acids is 1. The zero-order chi connectivity index (χ0) is 16.4. The van der Waals surface area contributed by atoms with Crippen molar-refractivity contribution in [2.75, 3.05) is 14.1 Å². The van der Waals surface area contributed by atoms with Gasteiger partial charge >= 0.3 is 12.1 Å². The van der Waals surface area contributed by atoms with Gasteiger partial charge in [0.05, 0.1) is 11.1 Å². The summed E-state index contributed by atoms with van der Waals surface area (Å²) in [6, 6.07) is 2.36. The van der Waals surface area contributed by atoms with Crippen LogP contribution < -0.4 is 4.74 Å². The van der Waals surface area contributed by atoms with Crippen LogP contribution in [0.5, 0.6) is 5.75 Å². The number of aromatic carboxylic acids is 1. The maximum Gasteiger partial charge on any atom is 0.419 e. The number of hydrogen-bond acceptors (Lipinski definition) is 3. The third kappa shape index (κ3) is 4.11. The summed E-state index contributed by atoms with van der Waals surface area (Å²) in [5, 5.41) is 8.74. The maximum atomic E-state index is 12.9. The van der Waals surface area contributed by atoms with Gasteiger partial charge in [0.2, 0.25) is 0 Å². The molecule has 116 valence electrons. The first kappa shape index (κ1) is 16.8. The van der Waals surface area contributed by atoms with Crippen LogP contribution in [0.4, 0.5) is 13.2 Å². The monoisotopic (exact) mass is 305 g/mol. The van der Waals surface area contributed by atoms with Crippen molar-refractivity contribution in [1.29, 1.82) is 0 Å². The number of ether oxygens (including phenoxy) is 1. The summed E-state index contributed by atoms with van der Waals surface area (Å²) in [4.78, 5) is 23.5. The number of rotatable bonds is 4. The molecule has 0 heterocycles. The fourth-order valence-electron chi connectivity index (χ4n) is 1.59. The summed E-state index contributed by atoms with van der Waals surface area (Å²) in [6.07, 6.45) is -5.92. The first-order chi connectivity index (χ1) is 9.54. The SMILES string of the molecule is CC(Oc1ccc(C(=O)O)cc1C(F)(F)F)C(=O)N(C)C. The molecule has 0 spiro atoms. The quantitative estimate of drug-likeness (QED) is 0.926. The molecule has 1 rings (SSSR count). The predicted octanol–water partition coefficient (Wildman–Crippen LogP) is 2.26. The van der Waals surface area contributed by atoms with Gasteiger partial charge < -0.3 is 14.7 Å². The Labute approximate surface area is 118 Å². The zero-order valence-electron chi connectivity index (χ0n) is 11.6. The van der Waals surface area contributed by atoms with E-state index in [0.717, 1.165) is 12.1 Å². The molecular formula is C13H14F3NO4. The highest BCUT2D eigenvalue weighted by Gasteiger charge is 2.36. The molecule has 1 N–H and O–H groups in total. The zero-order valence-corrected chi connectivity index (χ0v) is 11.6. The molecule has 0 saturated heterocycles. The summed E-state index contributed by atoms with van der Waals surface area (Å²) in [5.74, 6) is -2.58. The number of carboxylic acids is 1. The smallest absolute Gasteiger partial charge is 0.419 e. The summed E-state index contributed by atoms with van der Waals surface area (Å²) in [7, 11) is 2.89. The number of carbonyl (C=O) groups is 2. The number of benzene rings is 1. The molecule has 1 atom stereocenters. The van der Waals surface area contributed by atoms with Gasteiger partial charge in [-0.1, -0.05) is 0 Å². The van der Waals surface area contributed by atoms with Crippen molar-refractivity contribution in [2.24, 2.45) is 0 Å². The second kappa shape index (κ2) is 6.02. The van der Waals surface area contributed by atoms with Crippen molar-refractivity contribution in [3.8, 4) is 5.75 Å². The number of carboxylic acid groups (broad SMARTS) is 1. The average molecular weight is 305 g/mol. The molecule has 5 nitrogen and oxygen atoms in total. The fraction of sp³-hybridized carbons (Fsp3) is 0.385. The molecular weight excluding hydrogens is 291 g/mol. The van der Waals surface area contributed by atoms with E-state index in [9.17, 15) is 22.8 Å². The normalized spacial score (nSPS) is 12.7. The molecule has 0 saturated carbocycles. The van der Waals surface area contributed by atoms with Crippen molar-refractivity contribution in [3.63, 3.8) is 0 Å². The van der Waals surface area contributed by atoms with Crippen molar-refractivity contribution < 1.29 is 32.6 Å². The van der Waals surface area contributed by atoms with Gasteiger partial charge in [0.15, 0.2) is 6.10 Å². The predicted molar refractivity (Wildman–Crippen MR) is 67.2 cm³/mol. The molecule has 1 unspecified atom stereocenters. The molecule has 0 aliphatic rings. The molecule has 0 bridgehead atoms. The fourth-order valence-corrected chi connectivity index (χ4v) is 1.59. The Hall–Kier alpha value is -2.25. The Morgan fingerprint density at radius 1 is 1.29 bits per heavy atom. The van der Waals surface area contributed by atoms with Crippen LogP contribution in [0.2, 0.25) is 0 Å². The van der Waals surface area contributed by atoms with E-state index >= 15 is 0 Å². The topological polar surface area (TPSA) is 66.8 Å². The first-order valence-corrected chi connectivity index (χ1v) is 5.86. The van der Waals surface area contributed by atoms with Crippen molar-refractivity contribution in [3.05, 3.63) is 29.3 Å². The van der Waals surface area contributed by atoms with Crippen LogP contribution in [0, 0.1) is 0 Å². The highest BCUT2D eigenvalue weighted by molar-refractivity contribution is 5.88. The summed E-state index contributed by atoms with van der Waals surface area (Å²) in [6.45, 7) is 1.31. The van der Waals surface area contributed by atoms with E-state index in [4.69, 9.17) is 9.84 Å². The van der Waals surface area contributed by atoms with E-state index in [0.29, 0.717) is 6.07 Å². The van der Waals surface area contributed by atoms with Gasteiger partial charge in [-0.15, -0.1) is 0 Å². The van der Waals surface area contributed by atoms with Crippen LogP contribution in [-0.2, 0) is 11.0 Å². The largest absolute Gasteiger partial charge is 0.480 e. The van der Waals surface area contributed by atoms with E-state index in [1.54, 1.807) is 0 Å². The standard InChI is InChI=1S/C13H14F3NO4/c1-7(11(18)17(2)3)21-10-5-4-8(12(19)20)6-9(10)13(14,15)16/h4-7H,1-3H3,(H,19,20). The Bertz CT molecular complexity index is 555. The lowest BCUT2D eigenvalue weighted by Gasteiger charge is -2.21. The first-order valence-electron chi connectivity index (χ1n) is 5.86. The summed E-state index contributed by atoms with van der Waals surface area (Å²) in [5.41, 5.74) is -1.75. The minimum Gasteiger partial charge on any atom is -0.480 e. The van der Waals surface area contributed by atoms with Crippen LogP contribution >= 0.6 is 0 Å². The van der Waals surface area contributed by atoms with E-state index in [1.165, 1.54) is 25.9 Å². The van der Waals surface area contributed by atoms with Gasteiger partial charge in [-0.2, -0.15) is 13.2 Å². The number of nitrogens with zero attached hydrogens (tertiary/aromatic N) is 1. The second-order valence-corrected chi connectivity index (χ2v) is 4.51. The van der Waals surface area contributed by atoms with Gasteiger partial charge in [-0.3, -0.25) is 4.79 Å². The Morgan fingerprint density at radius 2 is 1.86 bits per heavy atom. The Morgan fingerprint density at radius 3 is 2.29 bits per heavy atom. The van der Waals surface area contributed by atoms with Crippen LogP contribution in [0.25, 0.3) is 0 Å². The average Bonchev–Trinajstić information content (AvgIpc) is 2.36. The van der Waals surface area contributed by atoms with Crippen LogP contribution in [0.15, 0.2) is 18.2 Å². The van der Waals surface area contributed by atoms with Crippen LogP contribution in [0.1, 0.15) is 22.8 Å². The highest BCUT2D eigenvalue weighted by Crippen LogP contribution is 2.37. The highest BCUT2D eigenvalue weighted by atomic mass is 19.4. The van der Waals surface area contributed by atoms with E-state index in [2.05, 4.69) is 0 Å². The lowest BCUT2D eigenvalue weighted by Crippen LogP contribution is -2.35. The molecule has 0 aromatic heterocycles. The van der Waals surface area contributed by atoms with E-state index in [1.807, 2.05) is 0 Å². The van der Waals surface area contributed by atoms with Gasteiger partial charge in [-0.05, 0) is 25.1 Å². The maximum absolute atomic E-state index is 12.9. The lowest BCUT2D eigenvalue weighted by atomic mass is 10.1. The molecule has 0 radical (unpaired) electrons. The number of alkyl halides is 3. The Balaban J connectivity index is 3.18. The Kier molecular flexibility index (Phi) is 4.82. The van der Waals surface area contributed by atoms with E-state index in [-0.39, 0.29) is 0 Å². The summed E-state index contributed by atoms with van der Waals surface area (Å²) < 4.78 is 43.8. The number of amides is 1. The molecule has 1 aromatic carbocycles. The van der Waals surface area contributed by atoms with Gasteiger partial charge in [0, 0.05) is 14.1 Å². The van der Waals surface area contributed by atoms with Gasteiger partial charge in [0.25, 0.3) is 5.91 Å². The van der Waals surface area contributed by atoms with Gasteiger partial charge in [0.1, 0.15) is 5.75 Å². The van der Waals surface area contributed by atoms with Gasteiger partial charge in [-0.25, -0.2) is 4.79 Å². The summed E-state index contributed by atoms with van der Waals surface area (Å²) >= 11 is 0. The molecule has 21 heavy (non-hydrogen) atoms. The third-order valence-electron chi connectivity index (χ3n) is 2.62. The molecule has 0 aliphatic heterocycles. The van der Waals surface area contributed by atoms with Crippen molar-refractivity contribution >= 4 is 11.9 Å². The number of likely N-dealkylation sites (N-methyl/N-ethyl adjacent to an activating group) is 1. The molecule has 1 amide bonds. The van der Waals surface area contributed by atoms with Crippen LogP contribution in [0.3, 0.4) is 0 Å². The minimum absolute atomic E-state index is 0.477. The second-order valence-electron chi connectivity index (χ2n) is 4.51. The minimum atomic E-state index is -4.79. The third-order valence-corrected chi connectivity index (χ3v) is 2.62. The molecule has 1 aromatic rings.